The summed E-state index contributed by atoms with van der Waals surface area (Å²) >= 11 is 2.90. The fourth-order valence-corrected chi connectivity index (χ4v) is 4.53. The van der Waals surface area contributed by atoms with Gasteiger partial charge in [0.25, 0.3) is 0 Å². The summed E-state index contributed by atoms with van der Waals surface area (Å²) in [7, 11) is -2.83. The lowest BCUT2D eigenvalue weighted by atomic mass is 10.5. The summed E-state index contributed by atoms with van der Waals surface area (Å²) in [5.41, 5.74) is 5.75. The highest BCUT2D eigenvalue weighted by Gasteiger charge is 2.25. The lowest BCUT2D eigenvalue weighted by molar-refractivity contribution is 0.587. The third-order valence-corrected chi connectivity index (χ3v) is 5.97. The molecule has 1 aromatic heterocycles. The Morgan fingerprint density at radius 3 is 2.62 bits per heavy atom. The van der Waals surface area contributed by atoms with Gasteiger partial charge in [-0.15, -0.1) is 11.8 Å². The van der Waals surface area contributed by atoms with Crippen molar-refractivity contribution in [3.8, 4) is 0 Å². The molecule has 0 bridgehead atoms. The van der Waals surface area contributed by atoms with Gasteiger partial charge in [0.15, 0.2) is 15.7 Å². The number of nitrogen functional groups attached to an aromatic ring is 1. The van der Waals surface area contributed by atoms with Crippen LogP contribution in [0.25, 0.3) is 0 Å². The van der Waals surface area contributed by atoms with Crippen LogP contribution in [-0.2, 0) is 9.84 Å². The zero-order valence-corrected chi connectivity index (χ0v) is 11.3. The molecule has 2 rings (SSSR count). The molecular formula is C8H13N3O2S3. The second kappa shape index (κ2) is 4.42. The van der Waals surface area contributed by atoms with Gasteiger partial charge in [-0.25, -0.2) is 8.42 Å². The predicted molar refractivity (Wildman–Crippen MR) is 69.2 cm³/mol. The second-order valence-corrected chi connectivity index (χ2v) is 7.42. The SMILES string of the molecule is CSc1c(N)nsc1N1CCS(=O)(=O)CC1. The summed E-state index contributed by atoms with van der Waals surface area (Å²) < 4.78 is 26.7. The molecular weight excluding hydrogens is 266 g/mol. The molecule has 0 aliphatic carbocycles. The molecule has 0 unspecified atom stereocenters. The van der Waals surface area contributed by atoms with Crippen molar-refractivity contribution in [2.45, 2.75) is 4.90 Å². The van der Waals surface area contributed by atoms with E-state index in [2.05, 4.69) is 9.27 Å². The topological polar surface area (TPSA) is 76.3 Å². The van der Waals surface area contributed by atoms with Crippen LogP contribution in [0.2, 0.25) is 0 Å². The van der Waals surface area contributed by atoms with Gasteiger partial charge in [0.2, 0.25) is 0 Å². The first kappa shape index (κ1) is 12.0. The Kier molecular flexibility index (Phi) is 3.32. The second-order valence-electron chi connectivity index (χ2n) is 3.55. The molecule has 0 amide bonds. The zero-order valence-electron chi connectivity index (χ0n) is 8.84. The van der Waals surface area contributed by atoms with Crippen molar-refractivity contribution in [1.29, 1.82) is 0 Å². The average molecular weight is 279 g/mol. The number of aromatic nitrogens is 1. The van der Waals surface area contributed by atoms with E-state index in [4.69, 9.17) is 5.73 Å². The number of nitrogens with two attached hydrogens (primary N) is 1. The van der Waals surface area contributed by atoms with Gasteiger partial charge in [-0.1, -0.05) is 0 Å². The predicted octanol–water partition coefficient (Wildman–Crippen LogP) is 0.682. The molecule has 5 nitrogen and oxygen atoms in total. The molecule has 2 heterocycles. The summed E-state index contributed by atoms with van der Waals surface area (Å²) in [5, 5.41) is 1.000. The summed E-state index contributed by atoms with van der Waals surface area (Å²) in [5.74, 6) is 0.984. The number of hydrogen-bond acceptors (Lipinski definition) is 7. The molecule has 1 aliphatic rings. The van der Waals surface area contributed by atoms with Gasteiger partial charge >= 0.3 is 0 Å². The van der Waals surface area contributed by atoms with Gasteiger partial charge in [0.05, 0.1) is 16.4 Å². The Balaban J connectivity index is 2.20. The third-order valence-electron chi connectivity index (χ3n) is 2.49. The lowest BCUT2D eigenvalue weighted by Crippen LogP contribution is -2.40. The highest BCUT2D eigenvalue weighted by Crippen LogP contribution is 2.37. The van der Waals surface area contributed by atoms with Crippen LogP contribution >= 0.6 is 23.3 Å². The highest BCUT2D eigenvalue weighted by atomic mass is 32.2. The van der Waals surface area contributed by atoms with E-state index in [0.717, 1.165) is 9.90 Å². The largest absolute Gasteiger partial charge is 0.382 e. The van der Waals surface area contributed by atoms with E-state index in [-0.39, 0.29) is 11.5 Å². The first-order valence-corrected chi connectivity index (χ1v) is 8.60. The van der Waals surface area contributed by atoms with Gasteiger partial charge in [-0.05, 0) is 17.8 Å². The summed E-state index contributed by atoms with van der Waals surface area (Å²) in [6.07, 6.45) is 1.95. The number of hydrogen-bond donors (Lipinski definition) is 1. The van der Waals surface area contributed by atoms with Gasteiger partial charge in [-0.3, -0.25) is 0 Å². The van der Waals surface area contributed by atoms with Crippen LogP contribution in [0.4, 0.5) is 10.8 Å². The van der Waals surface area contributed by atoms with E-state index < -0.39 is 9.84 Å². The molecule has 0 aromatic carbocycles. The van der Waals surface area contributed by atoms with Crippen molar-refractivity contribution < 1.29 is 8.42 Å². The minimum absolute atomic E-state index is 0.221. The van der Waals surface area contributed by atoms with Gasteiger partial charge < -0.3 is 10.6 Å². The molecule has 1 saturated heterocycles. The minimum atomic E-state index is -2.83. The Labute approximate surface area is 103 Å². The first-order chi connectivity index (χ1) is 7.53. The number of nitrogens with zero attached hydrogens (tertiary/aromatic N) is 2. The van der Waals surface area contributed by atoms with Crippen molar-refractivity contribution >= 4 is 44.0 Å². The van der Waals surface area contributed by atoms with E-state index in [0.29, 0.717) is 18.9 Å². The number of sulfone groups is 1. The number of anilines is 2. The van der Waals surface area contributed by atoms with Crippen molar-refractivity contribution in [3.05, 3.63) is 0 Å². The van der Waals surface area contributed by atoms with Crippen molar-refractivity contribution in [2.24, 2.45) is 0 Å². The molecule has 1 fully saturated rings. The Hall–Kier alpha value is -0.470. The van der Waals surface area contributed by atoms with Crippen LogP contribution in [0, 0.1) is 0 Å². The fraction of sp³-hybridized carbons (Fsp3) is 0.625. The van der Waals surface area contributed by atoms with Gasteiger partial charge in [0, 0.05) is 13.1 Å². The number of thioether (sulfide) groups is 1. The van der Waals surface area contributed by atoms with E-state index >= 15 is 0 Å². The fourth-order valence-electron chi connectivity index (χ4n) is 1.59. The molecule has 1 aromatic rings. The van der Waals surface area contributed by atoms with E-state index in [9.17, 15) is 8.42 Å². The Morgan fingerprint density at radius 2 is 2.06 bits per heavy atom. The Morgan fingerprint density at radius 1 is 1.44 bits per heavy atom. The summed E-state index contributed by atoms with van der Waals surface area (Å²) in [6.45, 7) is 1.08. The smallest absolute Gasteiger partial charge is 0.153 e. The van der Waals surface area contributed by atoms with Gasteiger partial charge in [0.1, 0.15) is 5.00 Å². The van der Waals surface area contributed by atoms with E-state index in [1.54, 1.807) is 11.8 Å². The molecule has 16 heavy (non-hydrogen) atoms. The lowest BCUT2D eigenvalue weighted by Gasteiger charge is -2.27. The molecule has 90 valence electrons. The van der Waals surface area contributed by atoms with Crippen LogP contribution in [0.3, 0.4) is 0 Å². The molecule has 0 atom stereocenters. The molecule has 1 aliphatic heterocycles. The van der Waals surface area contributed by atoms with Crippen LogP contribution in [-0.4, -0.2) is 43.6 Å². The molecule has 8 heteroatoms. The highest BCUT2D eigenvalue weighted by molar-refractivity contribution is 7.99. The van der Waals surface area contributed by atoms with Crippen molar-refractivity contribution in [2.75, 3.05) is 41.5 Å². The summed E-state index contributed by atoms with van der Waals surface area (Å²) in [6, 6.07) is 0. The maximum atomic E-state index is 11.3. The van der Waals surface area contributed by atoms with E-state index in [1.807, 2.05) is 6.26 Å². The quantitative estimate of drug-likeness (QED) is 0.802. The van der Waals surface area contributed by atoms with Crippen LogP contribution in [0.15, 0.2) is 4.90 Å². The third kappa shape index (κ3) is 2.28. The first-order valence-electron chi connectivity index (χ1n) is 4.78. The standard InChI is InChI=1S/C8H13N3O2S3/c1-14-6-7(9)10-15-8(6)11-2-4-16(12,13)5-3-11/h2-5H2,1H3,(H2,9,10). The van der Waals surface area contributed by atoms with E-state index in [1.165, 1.54) is 11.5 Å². The zero-order chi connectivity index (χ0) is 11.8. The van der Waals surface area contributed by atoms with Crippen molar-refractivity contribution in [3.63, 3.8) is 0 Å². The normalized spacial score (nSPS) is 19.9. The summed E-state index contributed by atoms with van der Waals surface area (Å²) in [4.78, 5) is 3.02. The van der Waals surface area contributed by atoms with Crippen molar-refractivity contribution in [1.82, 2.24) is 4.37 Å². The maximum Gasteiger partial charge on any atom is 0.153 e. The molecule has 0 saturated carbocycles. The molecule has 2 N–H and O–H groups in total. The van der Waals surface area contributed by atoms with Crippen LogP contribution < -0.4 is 10.6 Å². The number of rotatable bonds is 2. The maximum absolute atomic E-state index is 11.3. The average Bonchev–Trinajstić information content (AvgIpc) is 2.59. The molecule has 0 spiro atoms. The monoisotopic (exact) mass is 279 g/mol. The minimum Gasteiger partial charge on any atom is -0.382 e. The van der Waals surface area contributed by atoms with Crippen LogP contribution in [0.1, 0.15) is 0 Å². The molecule has 0 radical (unpaired) electrons. The Bertz CT molecular complexity index is 469. The van der Waals surface area contributed by atoms with Crippen LogP contribution in [0.5, 0.6) is 0 Å². The van der Waals surface area contributed by atoms with Gasteiger partial charge in [-0.2, -0.15) is 4.37 Å².